The van der Waals surface area contributed by atoms with Crippen molar-refractivity contribution in [2.75, 3.05) is 11.1 Å². The lowest BCUT2D eigenvalue weighted by atomic mass is 10.1. The zero-order valence-electron chi connectivity index (χ0n) is 10.3. The third-order valence-corrected chi connectivity index (χ3v) is 2.70. The summed E-state index contributed by atoms with van der Waals surface area (Å²) in [5, 5.41) is 11.8. The Morgan fingerprint density at radius 3 is 2.63 bits per heavy atom. The normalized spacial score (nSPS) is 10.2. The van der Waals surface area contributed by atoms with Crippen LogP contribution in [0.3, 0.4) is 0 Å². The van der Waals surface area contributed by atoms with Crippen LogP contribution in [0.4, 0.5) is 15.8 Å². The highest BCUT2D eigenvalue weighted by Gasteiger charge is 2.10. The maximum absolute atomic E-state index is 13.5. The van der Waals surface area contributed by atoms with Gasteiger partial charge in [-0.1, -0.05) is 0 Å². The monoisotopic (exact) mass is 260 g/mol. The molecular formula is C14H13FN2O2. The van der Waals surface area contributed by atoms with Gasteiger partial charge in [0.25, 0.3) is 5.91 Å². The Morgan fingerprint density at radius 1 is 1.26 bits per heavy atom. The average Bonchev–Trinajstić information content (AvgIpc) is 2.36. The van der Waals surface area contributed by atoms with E-state index in [1.165, 1.54) is 30.3 Å². The van der Waals surface area contributed by atoms with E-state index in [0.717, 1.165) is 6.07 Å². The van der Waals surface area contributed by atoms with Gasteiger partial charge >= 0.3 is 0 Å². The van der Waals surface area contributed by atoms with Crippen LogP contribution in [-0.2, 0) is 0 Å². The first-order valence-corrected chi connectivity index (χ1v) is 5.63. The predicted octanol–water partition coefficient (Wildman–Crippen LogP) is 2.67. The predicted molar refractivity (Wildman–Crippen MR) is 71.6 cm³/mol. The molecule has 2 rings (SSSR count). The van der Waals surface area contributed by atoms with Crippen LogP contribution in [0.25, 0.3) is 0 Å². The molecule has 0 heterocycles. The minimum atomic E-state index is -0.594. The van der Waals surface area contributed by atoms with Crippen LogP contribution in [0.1, 0.15) is 15.9 Å². The minimum Gasteiger partial charge on any atom is -0.508 e. The number of halogens is 1. The van der Waals surface area contributed by atoms with E-state index in [-0.39, 0.29) is 17.1 Å². The van der Waals surface area contributed by atoms with Crippen molar-refractivity contribution in [2.24, 2.45) is 0 Å². The summed E-state index contributed by atoms with van der Waals surface area (Å²) in [5.41, 5.74) is 6.69. The summed E-state index contributed by atoms with van der Waals surface area (Å²) in [6.07, 6.45) is 0. The van der Waals surface area contributed by atoms with Gasteiger partial charge in [-0.2, -0.15) is 0 Å². The number of anilines is 2. The van der Waals surface area contributed by atoms with E-state index in [1.807, 2.05) is 0 Å². The van der Waals surface area contributed by atoms with Crippen molar-refractivity contribution in [3.63, 3.8) is 0 Å². The summed E-state index contributed by atoms with van der Waals surface area (Å²) in [7, 11) is 0. The zero-order chi connectivity index (χ0) is 14.0. The van der Waals surface area contributed by atoms with Crippen LogP contribution in [-0.4, -0.2) is 11.0 Å². The van der Waals surface area contributed by atoms with E-state index in [1.54, 1.807) is 6.92 Å². The topological polar surface area (TPSA) is 75.4 Å². The molecule has 0 aliphatic rings. The molecule has 0 bridgehead atoms. The van der Waals surface area contributed by atoms with Crippen LogP contribution >= 0.6 is 0 Å². The van der Waals surface area contributed by atoms with E-state index in [0.29, 0.717) is 11.1 Å². The summed E-state index contributed by atoms with van der Waals surface area (Å²) < 4.78 is 13.5. The Morgan fingerprint density at radius 2 is 2.00 bits per heavy atom. The average molecular weight is 260 g/mol. The summed E-state index contributed by atoms with van der Waals surface area (Å²) in [6, 6.07) is 8.45. The number of carbonyl (C=O) groups excluding carboxylic acids is 1. The van der Waals surface area contributed by atoms with Crippen molar-refractivity contribution in [3.8, 4) is 5.75 Å². The molecular weight excluding hydrogens is 247 g/mol. The van der Waals surface area contributed by atoms with Crippen molar-refractivity contribution in [1.29, 1.82) is 0 Å². The quantitative estimate of drug-likeness (QED) is 0.727. The van der Waals surface area contributed by atoms with Crippen molar-refractivity contribution in [2.45, 2.75) is 6.92 Å². The molecule has 0 spiro atoms. The summed E-state index contributed by atoms with van der Waals surface area (Å²) in [5.74, 6) is -0.939. The first kappa shape index (κ1) is 12.9. The van der Waals surface area contributed by atoms with E-state index in [2.05, 4.69) is 5.32 Å². The lowest BCUT2D eigenvalue weighted by molar-refractivity contribution is 0.102. The number of benzene rings is 2. The minimum absolute atomic E-state index is 0.0601. The third kappa shape index (κ3) is 2.82. The molecule has 0 saturated carbocycles. The van der Waals surface area contributed by atoms with Gasteiger partial charge in [-0.25, -0.2) is 4.39 Å². The Bertz CT molecular complexity index is 641. The molecule has 0 saturated heterocycles. The molecule has 0 radical (unpaired) electrons. The van der Waals surface area contributed by atoms with Gasteiger partial charge < -0.3 is 16.2 Å². The summed E-state index contributed by atoms with van der Waals surface area (Å²) in [4.78, 5) is 11.9. The van der Waals surface area contributed by atoms with Crippen molar-refractivity contribution in [3.05, 3.63) is 53.3 Å². The largest absolute Gasteiger partial charge is 0.508 e. The summed E-state index contributed by atoms with van der Waals surface area (Å²) >= 11 is 0. The van der Waals surface area contributed by atoms with Crippen molar-refractivity contribution in [1.82, 2.24) is 0 Å². The number of nitrogen functional groups attached to an aromatic ring is 1. The highest BCUT2D eigenvalue weighted by molar-refractivity contribution is 6.04. The number of phenols is 1. The number of amides is 1. The molecule has 4 N–H and O–H groups in total. The smallest absolute Gasteiger partial charge is 0.255 e. The third-order valence-electron chi connectivity index (χ3n) is 2.70. The van der Waals surface area contributed by atoms with Gasteiger partial charge in [-0.3, -0.25) is 4.79 Å². The standard InChI is InChI=1S/C14H13FN2O2/c1-8-6-9(2-5-13(8)18)14(19)17-12-4-3-10(16)7-11(12)15/h2-7,18H,16H2,1H3,(H,17,19). The lowest BCUT2D eigenvalue weighted by Gasteiger charge is -2.08. The van der Waals surface area contributed by atoms with Crippen LogP contribution in [0.5, 0.6) is 5.75 Å². The molecule has 0 fully saturated rings. The van der Waals surface area contributed by atoms with Gasteiger partial charge in [0.05, 0.1) is 5.69 Å². The maximum atomic E-state index is 13.5. The lowest BCUT2D eigenvalue weighted by Crippen LogP contribution is -2.13. The van der Waals surface area contributed by atoms with E-state index >= 15 is 0 Å². The van der Waals surface area contributed by atoms with Crippen LogP contribution in [0.2, 0.25) is 0 Å². The molecule has 19 heavy (non-hydrogen) atoms. The molecule has 2 aromatic carbocycles. The van der Waals surface area contributed by atoms with Gasteiger partial charge in [0.2, 0.25) is 0 Å². The van der Waals surface area contributed by atoms with Crippen LogP contribution < -0.4 is 11.1 Å². The number of aromatic hydroxyl groups is 1. The maximum Gasteiger partial charge on any atom is 0.255 e. The molecule has 0 unspecified atom stereocenters. The first-order chi connectivity index (χ1) is 8.97. The Hall–Kier alpha value is -2.56. The Balaban J connectivity index is 2.23. The second-order valence-electron chi connectivity index (χ2n) is 4.19. The van der Waals surface area contributed by atoms with E-state index in [9.17, 15) is 14.3 Å². The zero-order valence-corrected chi connectivity index (χ0v) is 10.3. The number of nitrogens with two attached hydrogens (primary N) is 1. The SMILES string of the molecule is Cc1cc(C(=O)Nc2ccc(N)cc2F)ccc1O. The first-order valence-electron chi connectivity index (χ1n) is 5.63. The molecule has 0 aromatic heterocycles. The molecule has 5 heteroatoms. The molecule has 2 aromatic rings. The molecule has 0 aliphatic carbocycles. The van der Waals surface area contributed by atoms with Gasteiger partial charge in [-0.05, 0) is 48.9 Å². The fourth-order valence-electron chi connectivity index (χ4n) is 1.62. The van der Waals surface area contributed by atoms with Crippen molar-refractivity contribution < 1.29 is 14.3 Å². The number of phenolic OH excluding ortho intramolecular Hbond substituents is 1. The number of carbonyl (C=O) groups is 1. The van der Waals surface area contributed by atoms with Crippen LogP contribution in [0.15, 0.2) is 36.4 Å². The van der Waals surface area contributed by atoms with Gasteiger partial charge in [0.15, 0.2) is 0 Å². The van der Waals surface area contributed by atoms with E-state index < -0.39 is 11.7 Å². The summed E-state index contributed by atoms with van der Waals surface area (Å²) in [6.45, 7) is 1.68. The number of hydrogen-bond acceptors (Lipinski definition) is 3. The fourth-order valence-corrected chi connectivity index (χ4v) is 1.62. The van der Waals surface area contributed by atoms with Gasteiger partial charge in [0, 0.05) is 11.3 Å². The Kier molecular flexibility index (Phi) is 3.37. The van der Waals surface area contributed by atoms with Crippen molar-refractivity contribution >= 4 is 17.3 Å². The highest BCUT2D eigenvalue weighted by Crippen LogP contribution is 2.20. The van der Waals surface area contributed by atoms with Gasteiger partial charge in [0.1, 0.15) is 11.6 Å². The number of hydrogen-bond donors (Lipinski definition) is 3. The number of aryl methyl sites for hydroxylation is 1. The molecule has 0 aliphatic heterocycles. The molecule has 0 atom stereocenters. The molecule has 1 amide bonds. The molecule has 98 valence electrons. The van der Waals surface area contributed by atoms with Crippen LogP contribution in [0, 0.1) is 12.7 Å². The van der Waals surface area contributed by atoms with Gasteiger partial charge in [-0.15, -0.1) is 0 Å². The second kappa shape index (κ2) is 4.97. The highest BCUT2D eigenvalue weighted by atomic mass is 19.1. The molecule has 4 nitrogen and oxygen atoms in total. The number of rotatable bonds is 2. The number of nitrogens with one attached hydrogen (secondary N) is 1. The van der Waals surface area contributed by atoms with E-state index in [4.69, 9.17) is 5.73 Å². The Labute approximate surface area is 109 Å². The second-order valence-corrected chi connectivity index (χ2v) is 4.19. The fraction of sp³-hybridized carbons (Fsp3) is 0.0714.